The van der Waals surface area contributed by atoms with Crippen LogP contribution in [0.5, 0.6) is 0 Å². The molecule has 0 rings (SSSR count). The molecule has 0 saturated heterocycles. The van der Waals surface area contributed by atoms with E-state index in [0.29, 0.717) is 0 Å². The maximum absolute atomic E-state index is 10.5. The first-order chi connectivity index (χ1) is 4.22. The third kappa shape index (κ3) is 3.69. The number of alkyl halides is 1. The maximum Gasteiger partial charge on any atom is 0.234 e. The van der Waals surface area contributed by atoms with Crippen LogP contribution in [0.15, 0.2) is 0 Å². The van der Waals surface area contributed by atoms with Crippen molar-refractivity contribution in [3.8, 4) is 0 Å². The van der Waals surface area contributed by atoms with Crippen molar-refractivity contribution in [3.63, 3.8) is 0 Å². The van der Waals surface area contributed by atoms with Gasteiger partial charge in [-0.05, 0) is 13.5 Å². The Labute approximate surface area is 68.5 Å². The number of amides is 1. The number of hydrogen-bond donors (Lipinski definition) is 2. The van der Waals surface area contributed by atoms with Gasteiger partial charge in [0, 0.05) is 4.43 Å². The molecule has 54 valence electrons. The molecule has 1 amide bonds. The van der Waals surface area contributed by atoms with Gasteiger partial charge in [-0.1, -0.05) is 22.6 Å². The van der Waals surface area contributed by atoms with Gasteiger partial charge < -0.3 is 11.1 Å². The highest BCUT2D eigenvalue weighted by Crippen LogP contribution is 1.94. The summed E-state index contributed by atoms with van der Waals surface area (Å²) in [5.41, 5.74) is 5.03. The zero-order valence-electron chi connectivity index (χ0n) is 5.36. The molecule has 4 heteroatoms. The minimum atomic E-state index is -0.269. The minimum absolute atomic E-state index is 0.151. The van der Waals surface area contributed by atoms with Gasteiger partial charge in [-0.3, -0.25) is 4.79 Å². The van der Waals surface area contributed by atoms with E-state index in [4.69, 9.17) is 5.73 Å². The summed E-state index contributed by atoms with van der Waals surface area (Å²) in [5, 5.41) is 2.82. The van der Waals surface area contributed by atoms with Crippen molar-refractivity contribution >= 4 is 28.5 Å². The number of hydrogen-bond acceptors (Lipinski definition) is 2. The predicted molar refractivity (Wildman–Crippen MR) is 45.5 cm³/mol. The summed E-state index contributed by atoms with van der Waals surface area (Å²) >= 11 is 2.21. The van der Waals surface area contributed by atoms with Gasteiger partial charge in [-0.15, -0.1) is 0 Å². The monoisotopic (exact) mass is 242 g/mol. The van der Waals surface area contributed by atoms with E-state index in [1.54, 1.807) is 7.05 Å². The fourth-order valence-corrected chi connectivity index (χ4v) is 1.16. The van der Waals surface area contributed by atoms with E-state index in [2.05, 4.69) is 27.9 Å². The highest BCUT2D eigenvalue weighted by atomic mass is 127. The van der Waals surface area contributed by atoms with Crippen LogP contribution in [-0.4, -0.2) is 23.4 Å². The van der Waals surface area contributed by atoms with E-state index >= 15 is 0 Å². The zero-order valence-corrected chi connectivity index (χ0v) is 7.51. The van der Waals surface area contributed by atoms with Crippen molar-refractivity contribution in [3.05, 3.63) is 0 Å². The molecule has 0 spiro atoms. The van der Waals surface area contributed by atoms with Gasteiger partial charge in [0.15, 0.2) is 0 Å². The molecule has 0 aliphatic carbocycles. The van der Waals surface area contributed by atoms with Crippen LogP contribution in [0.4, 0.5) is 0 Å². The van der Waals surface area contributed by atoms with Crippen LogP contribution in [0, 0.1) is 0 Å². The lowest BCUT2D eigenvalue weighted by Gasteiger charge is -2.08. The second-order valence-corrected chi connectivity index (χ2v) is 2.80. The fraction of sp³-hybridized carbons (Fsp3) is 0.800. The summed E-state index contributed by atoms with van der Waals surface area (Å²) in [6, 6.07) is -0.151. The van der Waals surface area contributed by atoms with E-state index in [9.17, 15) is 4.79 Å². The Kier molecular flexibility index (Phi) is 5.07. The molecule has 0 aliphatic rings. The SMILES string of the molecule is CN[C@H](CCI)C(N)=O. The van der Waals surface area contributed by atoms with E-state index in [0.717, 1.165) is 10.8 Å². The van der Waals surface area contributed by atoms with Crippen LogP contribution < -0.4 is 11.1 Å². The van der Waals surface area contributed by atoms with Crippen LogP contribution in [0.1, 0.15) is 6.42 Å². The highest BCUT2D eigenvalue weighted by molar-refractivity contribution is 14.1. The lowest BCUT2D eigenvalue weighted by atomic mass is 10.2. The number of carbonyl (C=O) groups excluding carboxylic acids is 1. The molecule has 0 heterocycles. The van der Waals surface area contributed by atoms with Crippen LogP contribution in [0.3, 0.4) is 0 Å². The predicted octanol–water partition coefficient (Wildman–Crippen LogP) is -0.115. The number of nitrogens with two attached hydrogens (primary N) is 1. The van der Waals surface area contributed by atoms with Crippen LogP contribution in [-0.2, 0) is 4.79 Å². The lowest BCUT2D eigenvalue weighted by molar-refractivity contribution is -0.119. The van der Waals surface area contributed by atoms with Gasteiger partial charge in [0.1, 0.15) is 0 Å². The summed E-state index contributed by atoms with van der Waals surface area (Å²) < 4.78 is 0.951. The lowest BCUT2D eigenvalue weighted by Crippen LogP contribution is -2.39. The average molecular weight is 242 g/mol. The second kappa shape index (κ2) is 4.99. The molecule has 0 fully saturated rings. The summed E-state index contributed by atoms with van der Waals surface area (Å²) in [5.74, 6) is -0.269. The molecular formula is C5H11IN2O. The third-order valence-electron chi connectivity index (χ3n) is 1.09. The van der Waals surface area contributed by atoms with Crippen molar-refractivity contribution in [2.24, 2.45) is 5.73 Å². The molecule has 0 aromatic rings. The Morgan fingerprint density at radius 3 is 2.56 bits per heavy atom. The number of rotatable bonds is 4. The number of primary amides is 1. The van der Waals surface area contributed by atoms with Gasteiger partial charge >= 0.3 is 0 Å². The van der Waals surface area contributed by atoms with E-state index in [-0.39, 0.29) is 11.9 Å². The molecule has 0 saturated carbocycles. The standard InChI is InChI=1S/C5H11IN2O/c1-8-4(2-3-6)5(7)9/h4,8H,2-3H2,1H3,(H2,7,9)/t4-/m1/s1. The second-order valence-electron chi connectivity index (χ2n) is 1.72. The number of halogens is 1. The van der Waals surface area contributed by atoms with Gasteiger partial charge in [0.25, 0.3) is 0 Å². The van der Waals surface area contributed by atoms with E-state index in [1.807, 2.05) is 0 Å². The summed E-state index contributed by atoms with van der Waals surface area (Å²) in [6.07, 6.45) is 0.812. The Bertz CT molecular complexity index is 97.0. The van der Waals surface area contributed by atoms with Crippen LogP contribution in [0.2, 0.25) is 0 Å². The van der Waals surface area contributed by atoms with E-state index in [1.165, 1.54) is 0 Å². The largest absolute Gasteiger partial charge is 0.368 e. The van der Waals surface area contributed by atoms with Gasteiger partial charge in [-0.2, -0.15) is 0 Å². The number of likely N-dealkylation sites (N-methyl/N-ethyl adjacent to an activating group) is 1. The van der Waals surface area contributed by atoms with Crippen molar-refractivity contribution in [1.29, 1.82) is 0 Å². The molecule has 3 nitrogen and oxygen atoms in total. The normalized spacial score (nSPS) is 13.1. The van der Waals surface area contributed by atoms with Gasteiger partial charge in [-0.25, -0.2) is 0 Å². The number of nitrogens with one attached hydrogen (secondary N) is 1. The molecule has 1 atom stereocenters. The van der Waals surface area contributed by atoms with Crippen molar-refractivity contribution in [1.82, 2.24) is 5.32 Å². The van der Waals surface area contributed by atoms with Gasteiger partial charge in [0.05, 0.1) is 6.04 Å². The average Bonchev–Trinajstić information content (AvgIpc) is 1.82. The molecular weight excluding hydrogens is 231 g/mol. The third-order valence-corrected chi connectivity index (χ3v) is 1.71. The molecule has 0 radical (unpaired) electrons. The molecule has 0 aliphatic heterocycles. The van der Waals surface area contributed by atoms with Crippen LogP contribution in [0.25, 0.3) is 0 Å². The molecule has 3 N–H and O–H groups in total. The Hall–Kier alpha value is 0.160. The van der Waals surface area contributed by atoms with Crippen molar-refractivity contribution in [2.75, 3.05) is 11.5 Å². The first-order valence-corrected chi connectivity index (χ1v) is 4.27. The summed E-state index contributed by atoms with van der Waals surface area (Å²) in [7, 11) is 1.74. The smallest absolute Gasteiger partial charge is 0.234 e. The number of carbonyl (C=O) groups is 1. The van der Waals surface area contributed by atoms with Crippen molar-refractivity contribution < 1.29 is 4.79 Å². The quantitative estimate of drug-likeness (QED) is 0.533. The Balaban J connectivity index is 3.54. The highest BCUT2D eigenvalue weighted by Gasteiger charge is 2.09. The maximum atomic E-state index is 10.5. The minimum Gasteiger partial charge on any atom is -0.368 e. The summed E-state index contributed by atoms with van der Waals surface area (Å²) in [6.45, 7) is 0. The summed E-state index contributed by atoms with van der Waals surface area (Å²) in [4.78, 5) is 10.5. The molecule has 0 aromatic carbocycles. The first kappa shape index (κ1) is 9.16. The Morgan fingerprint density at radius 1 is 1.89 bits per heavy atom. The topological polar surface area (TPSA) is 55.1 Å². The molecule has 0 unspecified atom stereocenters. The van der Waals surface area contributed by atoms with Crippen molar-refractivity contribution in [2.45, 2.75) is 12.5 Å². The van der Waals surface area contributed by atoms with Crippen LogP contribution >= 0.6 is 22.6 Å². The molecule has 0 bridgehead atoms. The Morgan fingerprint density at radius 2 is 2.44 bits per heavy atom. The fourth-order valence-electron chi connectivity index (χ4n) is 0.538. The molecule has 9 heavy (non-hydrogen) atoms. The van der Waals surface area contributed by atoms with Gasteiger partial charge in [0.2, 0.25) is 5.91 Å². The molecule has 0 aromatic heterocycles. The zero-order chi connectivity index (χ0) is 7.28. The van der Waals surface area contributed by atoms with E-state index < -0.39 is 0 Å². The first-order valence-electron chi connectivity index (χ1n) is 2.75.